The molecule has 4 rings (SSSR count). The minimum atomic E-state index is 0.494. The zero-order valence-corrected chi connectivity index (χ0v) is 14.0. The number of fused-ring (bicyclic) bond motifs is 1. The van der Waals surface area contributed by atoms with Gasteiger partial charge in [0.25, 0.3) is 0 Å². The fraction of sp³-hybridized carbons (Fsp3) is 0.188. The van der Waals surface area contributed by atoms with E-state index in [0.29, 0.717) is 18.0 Å². The quantitative estimate of drug-likeness (QED) is 0.610. The third kappa shape index (κ3) is 2.83. The highest BCUT2D eigenvalue weighted by molar-refractivity contribution is 7.14. The van der Waals surface area contributed by atoms with Gasteiger partial charge in [-0.2, -0.15) is 0 Å². The summed E-state index contributed by atoms with van der Waals surface area (Å²) < 4.78 is 5.21. The Kier molecular flexibility index (Phi) is 3.66. The van der Waals surface area contributed by atoms with E-state index in [9.17, 15) is 0 Å². The molecule has 8 heteroatoms. The van der Waals surface area contributed by atoms with Crippen molar-refractivity contribution < 1.29 is 4.52 Å². The molecule has 0 bridgehead atoms. The van der Waals surface area contributed by atoms with Gasteiger partial charge in [0.15, 0.2) is 11.4 Å². The molecule has 7 nitrogen and oxygen atoms in total. The Balaban J connectivity index is 1.69. The Morgan fingerprint density at radius 3 is 2.75 bits per heavy atom. The molecule has 0 saturated carbocycles. The minimum Gasteiger partial charge on any atom is -0.362 e. The van der Waals surface area contributed by atoms with Crippen molar-refractivity contribution in [1.29, 1.82) is 0 Å². The third-order valence-corrected chi connectivity index (χ3v) is 4.43. The number of pyridine rings is 1. The molecule has 0 radical (unpaired) electrons. The molecule has 0 atom stereocenters. The average molecular weight is 338 g/mol. The van der Waals surface area contributed by atoms with Gasteiger partial charge in [0, 0.05) is 28.9 Å². The molecule has 1 N–H and O–H groups in total. The largest absolute Gasteiger partial charge is 0.362 e. The molecule has 24 heavy (non-hydrogen) atoms. The number of anilines is 1. The second-order valence-electron chi connectivity index (χ2n) is 5.38. The number of aryl methyl sites for hydroxylation is 2. The molecule has 4 aromatic heterocycles. The molecule has 120 valence electrons. The topological polar surface area (TPSA) is 89.6 Å². The molecule has 0 unspecified atom stereocenters. The van der Waals surface area contributed by atoms with Crippen molar-refractivity contribution in [2.24, 2.45) is 0 Å². The van der Waals surface area contributed by atoms with Gasteiger partial charge in [-0.3, -0.25) is 0 Å². The number of nitrogens with one attached hydrogen (secondary N) is 1. The van der Waals surface area contributed by atoms with Gasteiger partial charge in [-0.1, -0.05) is 5.16 Å². The van der Waals surface area contributed by atoms with Crippen LogP contribution in [0, 0.1) is 13.8 Å². The summed E-state index contributed by atoms with van der Waals surface area (Å²) in [7, 11) is 0. The number of nitrogens with zero attached hydrogens (tertiary/aromatic N) is 5. The molecular weight excluding hydrogens is 324 g/mol. The first-order valence-electron chi connectivity index (χ1n) is 7.38. The second-order valence-corrected chi connectivity index (χ2v) is 6.62. The summed E-state index contributed by atoms with van der Waals surface area (Å²) in [6, 6.07) is 3.90. The first-order valence-corrected chi connectivity index (χ1v) is 8.20. The van der Waals surface area contributed by atoms with E-state index < -0.39 is 0 Å². The van der Waals surface area contributed by atoms with Gasteiger partial charge in [0.2, 0.25) is 0 Å². The van der Waals surface area contributed by atoms with E-state index in [1.165, 1.54) is 6.33 Å². The molecule has 0 aliphatic rings. The number of aromatic nitrogens is 5. The summed E-state index contributed by atoms with van der Waals surface area (Å²) >= 11 is 1.63. The predicted molar refractivity (Wildman–Crippen MR) is 91.7 cm³/mol. The van der Waals surface area contributed by atoms with Gasteiger partial charge >= 0.3 is 0 Å². The predicted octanol–water partition coefficient (Wildman–Crippen LogP) is 3.37. The van der Waals surface area contributed by atoms with Gasteiger partial charge < -0.3 is 9.84 Å². The Morgan fingerprint density at radius 1 is 1.08 bits per heavy atom. The average Bonchev–Trinajstić information content (AvgIpc) is 3.21. The lowest BCUT2D eigenvalue weighted by molar-refractivity contribution is 0.384. The SMILES string of the molecule is Cc1cc(CNc2ncnc3ncc(-c4ncc(C)s4)cc23)on1. The molecule has 0 spiro atoms. The smallest absolute Gasteiger partial charge is 0.164 e. The summed E-state index contributed by atoms with van der Waals surface area (Å²) in [4.78, 5) is 18.6. The van der Waals surface area contributed by atoms with Gasteiger partial charge in [0.1, 0.15) is 17.2 Å². The van der Waals surface area contributed by atoms with Crippen LogP contribution >= 0.6 is 11.3 Å². The van der Waals surface area contributed by atoms with Crippen LogP contribution in [0.4, 0.5) is 5.82 Å². The number of hydrogen-bond acceptors (Lipinski definition) is 8. The highest BCUT2D eigenvalue weighted by Gasteiger charge is 2.10. The Morgan fingerprint density at radius 2 is 2.00 bits per heavy atom. The standard InChI is InChI=1S/C16H14N6OS/c1-9-3-12(23-22-9)7-18-15-13-4-11(16-19-5-10(2)24-16)6-17-14(13)20-8-21-15/h3-6,8H,7H2,1-2H3,(H,17,18,20,21). The second kappa shape index (κ2) is 5.97. The summed E-state index contributed by atoms with van der Waals surface area (Å²) in [5, 5.41) is 8.92. The maximum absolute atomic E-state index is 5.21. The van der Waals surface area contributed by atoms with E-state index in [1.54, 1.807) is 17.5 Å². The Labute approximate surface area is 141 Å². The lowest BCUT2D eigenvalue weighted by Gasteiger charge is -2.07. The maximum atomic E-state index is 5.21. The van der Waals surface area contributed by atoms with Crippen molar-refractivity contribution in [3.05, 3.63) is 47.2 Å². The maximum Gasteiger partial charge on any atom is 0.164 e. The fourth-order valence-electron chi connectivity index (χ4n) is 2.36. The minimum absolute atomic E-state index is 0.494. The van der Waals surface area contributed by atoms with Crippen molar-refractivity contribution in [3.8, 4) is 10.6 Å². The van der Waals surface area contributed by atoms with E-state index in [4.69, 9.17) is 4.52 Å². The van der Waals surface area contributed by atoms with Crippen LogP contribution in [0.15, 0.2) is 35.4 Å². The van der Waals surface area contributed by atoms with Crippen LogP contribution in [0.5, 0.6) is 0 Å². The van der Waals surface area contributed by atoms with E-state index in [2.05, 4.69) is 30.4 Å². The first kappa shape index (κ1) is 14.7. The lowest BCUT2D eigenvalue weighted by atomic mass is 10.2. The van der Waals surface area contributed by atoms with Crippen molar-refractivity contribution >= 4 is 28.2 Å². The van der Waals surface area contributed by atoms with Crippen LogP contribution in [0.2, 0.25) is 0 Å². The summed E-state index contributed by atoms with van der Waals surface area (Å²) in [6.45, 7) is 4.41. The van der Waals surface area contributed by atoms with Crippen molar-refractivity contribution in [1.82, 2.24) is 25.1 Å². The lowest BCUT2D eigenvalue weighted by Crippen LogP contribution is -2.02. The van der Waals surface area contributed by atoms with Crippen molar-refractivity contribution in [2.45, 2.75) is 20.4 Å². The van der Waals surface area contributed by atoms with Crippen molar-refractivity contribution in [3.63, 3.8) is 0 Å². The Hall–Kier alpha value is -2.87. The van der Waals surface area contributed by atoms with Gasteiger partial charge in [-0.25, -0.2) is 19.9 Å². The van der Waals surface area contributed by atoms with E-state index >= 15 is 0 Å². The van der Waals surface area contributed by atoms with Crippen LogP contribution < -0.4 is 5.32 Å². The molecule has 0 aromatic carbocycles. The van der Waals surface area contributed by atoms with Crippen molar-refractivity contribution in [2.75, 3.05) is 5.32 Å². The zero-order valence-electron chi connectivity index (χ0n) is 13.1. The highest BCUT2D eigenvalue weighted by Crippen LogP contribution is 2.28. The van der Waals surface area contributed by atoms with E-state index in [1.807, 2.05) is 32.2 Å². The Bertz CT molecular complexity index is 1010. The zero-order chi connectivity index (χ0) is 16.5. The van der Waals surface area contributed by atoms with Gasteiger partial charge in [-0.05, 0) is 19.9 Å². The van der Waals surface area contributed by atoms with Crippen LogP contribution in [0.1, 0.15) is 16.3 Å². The van der Waals surface area contributed by atoms with Gasteiger partial charge in [-0.15, -0.1) is 11.3 Å². The molecule has 4 aromatic rings. The van der Waals surface area contributed by atoms with Crippen LogP contribution in [-0.4, -0.2) is 25.1 Å². The van der Waals surface area contributed by atoms with E-state index in [-0.39, 0.29) is 0 Å². The highest BCUT2D eigenvalue weighted by atomic mass is 32.1. The molecule has 4 heterocycles. The molecule has 0 aliphatic heterocycles. The number of rotatable bonds is 4. The molecule has 0 amide bonds. The summed E-state index contributed by atoms with van der Waals surface area (Å²) in [5.74, 6) is 1.45. The van der Waals surface area contributed by atoms with Crippen LogP contribution in [0.25, 0.3) is 21.6 Å². The normalized spacial score (nSPS) is 11.1. The summed E-state index contributed by atoms with van der Waals surface area (Å²) in [6.07, 6.45) is 5.14. The molecule has 0 aliphatic carbocycles. The first-order chi connectivity index (χ1) is 11.7. The molecule has 0 saturated heterocycles. The monoisotopic (exact) mass is 338 g/mol. The van der Waals surface area contributed by atoms with Gasteiger partial charge in [0.05, 0.1) is 17.6 Å². The number of thiazole rings is 1. The molecule has 0 fully saturated rings. The fourth-order valence-corrected chi connectivity index (χ4v) is 3.11. The van der Waals surface area contributed by atoms with Crippen LogP contribution in [0.3, 0.4) is 0 Å². The third-order valence-electron chi connectivity index (χ3n) is 3.46. The number of hydrogen-bond donors (Lipinski definition) is 1. The summed E-state index contributed by atoms with van der Waals surface area (Å²) in [5.41, 5.74) is 2.44. The van der Waals surface area contributed by atoms with Crippen LogP contribution in [-0.2, 0) is 6.54 Å². The van der Waals surface area contributed by atoms with E-state index in [0.717, 1.165) is 32.3 Å². The molecular formula is C16H14N6OS.